The third kappa shape index (κ3) is 3.15. The van der Waals surface area contributed by atoms with E-state index in [1.807, 2.05) is 6.07 Å². The highest BCUT2D eigenvalue weighted by Crippen LogP contribution is 2.25. The number of piperidine rings is 1. The molecule has 0 radical (unpaired) electrons. The Labute approximate surface area is 125 Å². The van der Waals surface area contributed by atoms with E-state index < -0.39 is 10.0 Å². The molecule has 100 valence electrons. The van der Waals surface area contributed by atoms with Gasteiger partial charge in [-0.25, -0.2) is 8.42 Å². The topological polar surface area (TPSA) is 37.4 Å². The van der Waals surface area contributed by atoms with Crippen molar-refractivity contribution >= 4 is 41.9 Å². The molecular weight excluding hydrogens is 382 g/mol. The van der Waals surface area contributed by atoms with Crippen molar-refractivity contribution in [2.45, 2.75) is 17.7 Å². The van der Waals surface area contributed by atoms with E-state index >= 15 is 0 Å². The van der Waals surface area contributed by atoms with Crippen molar-refractivity contribution < 1.29 is 8.42 Å². The maximum Gasteiger partial charge on any atom is 0.243 e. The van der Waals surface area contributed by atoms with Crippen molar-refractivity contribution in [3.63, 3.8) is 0 Å². The Bertz CT molecular complexity index is 519. The fourth-order valence-corrected chi connectivity index (χ4v) is 4.83. The van der Waals surface area contributed by atoms with Crippen LogP contribution in [0.15, 0.2) is 33.6 Å². The van der Waals surface area contributed by atoms with Gasteiger partial charge in [0.1, 0.15) is 0 Å². The second kappa shape index (κ2) is 6.03. The van der Waals surface area contributed by atoms with E-state index in [0.29, 0.717) is 23.9 Å². The van der Waals surface area contributed by atoms with Gasteiger partial charge in [-0.3, -0.25) is 0 Å². The lowest BCUT2D eigenvalue weighted by molar-refractivity contribution is 0.285. The van der Waals surface area contributed by atoms with Crippen LogP contribution in [0.5, 0.6) is 0 Å². The highest BCUT2D eigenvalue weighted by molar-refractivity contribution is 9.10. The predicted molar refractivity (Wildman–Crippen MR) is 79.4 cm³/mol. The molecule has 1 atom stereocenters. The Hall–Kier alpha value is 0.0900. The van der Waals surface area contributed by atoms with Crippen molar-refractivity contribution in [3.05, 3.63) is 28.7 Å². The molecule has 1 aromatic rings. The van der Waals surface area contributed by atoms with E-state index in [-0.39, 0.29) is 0 Å². The second-order valence-corrected chi connectivity index (χ2v) is 7.98. The molecule has 1 saturated heterocycles. The maximum absolute atomic E-state index is 12.5. The number of sulfonamides is 1. The molecular formula is C12H15Br2NO2S. The summed E-state index contributed by atoms with van der Waals surface area (Å²) in [5.74, 6) is 0.417. The summed E-state index contributed by atoms with van der Waals surface area (Å²) in [5, 5.41) is 0.859. The zero-order chi connectivity index (χ0) is 13.2. The van der Waals surface area contributed by atoms with E-state index in [1.165, 1.54) is 0 Å². The molecule has 0 bridgehead atoms. The number of hydrogen-bond acceptors (Lipinski definition) is 2. The molecule has 2 rings (SSSR count). The molecule has 0 spiro atoms. The third-order valence-electron chi connectivity index (χ3n) is 3.13. The largest absolute Gasteiger partial charge is 0.243 e. The van der Waals surface area contributed by atoms with Crippen LogP contribution in [0, 0.1) is 5.92 Å². The molecule has 1 heterocycles. The molecule has 18 heavy (non-hydrogen) atoms. The van der Waals surface area contributed by atoms with Gasteiger partial charge in [-0.1, -0.05) is 37.9 Å². The van der Waals surface area contributed by atoms with E-state index in [1.54, 1.807) is 22.5 Å². The van der Waals surface area contributed by atoms with E-state index in [9.17, 15) is 8.42 Å². The zero-order valence-corrected chi connectivity index (χ0v) is 13.8. The first kappa shape index (κ1) is 14.5. The van der Waals surface area contributed by atoms with Gasteiger partial charge < -0.3 is 0 Å². The van der Waals surface area contributed by atoms with Crippen molar-refractivity contribution in [1.82, 2.24) is 4.31 Å². The van der Waals surface area contributed by atoms with E-state index in [4.69, 9.17) is 0 Å². The van der Waals surface area contributed by atoms with Gasteiger partial charge in [0.05, 0.1) is 4.90 Å². The van der Waals surface area contributed by atoms with Crippen LogP contribution in [-0.4, -0.2) is 31.1 Å². The van der Waals surface area contributed by atoms with Crippen LogP contribution in [0.4, 0.5) is 0 Å². The second-order valence-electron chi connectivity index (χ2n) is 4.48. The molecule has 0 amide bonds. The standard InChI is InChI=1S/C12H15Br2NO2S/c13-8-10-3-2-6-15(9-10)18(16,17)12-5-1-4-11(14)7-12/h1,4-5,7,10H,2-3,6,8-9H2. The molecule has 0 aromatic heterocycles. The summed E-state index contributed by atoms with van der Waals surface area (Å²) in [6.45, 7) is 1.23. The van der Waals surface area contributed by atoms with Crippen molar-refractivity contribution in [3.8, 4) is 0 Å². The number of alkyl halides is 1. The molecule has 1 fully saturated rings. The van der Waals surface area contributed by atoms with Crippen LogP contribution in [0.25, 0.3) is 0 Å². The van der Waals surface area contributed by atoms with Crippen molar-refractivity contribution in [2.75, 3.05) is 18.4 Å². The molecule has 3 nitrogen and oxygen atoms in total. The van der Waals surface area contributed by atoms with Gasteiger partial charge in [-0.2, -0.15) is 4.31 Å². The van der Waals surface area contributed by atoms with Crippen molar-refractivity contribution in [1.29, 1.82) is 0 Å². The molecule has 1 aliphatic heterocycles. The number of halogens is 2. The number of hydrogen-bond donors (Lipinski definition) is 0. The molecule has 1 unspecified atom stereocenters. The Morgan fingerprint density at radius 3 is 2.83 bits per heavy atom. The number of rotatable bonds is 3. The number of nitrogens with zero attached hydrogens (tertiary/aromatic N) is 1. The maximum atomic E-state index is 12.5. The van der Waals surface area contributed by atoms with Gasteiger partial charge in [0.15, 0.2) is 0 Å². The zero-order valence-electron chi connectivity index (χ0n) is 9.85. The average Bonchev–Trinajstić information content (AvgIpc) is 2.39. The highest BCUT2D eigenvalue weighted by atomic mass is 79.9. The van der Waals surface area contributed by atoms with Crippen molar-refractivity contribution in [2.24, 2.45) is 5.92 Å². The Morgan fingerprint density at radius 1 is 1.39 bits per heavy atom. The Balaban J connectivity index is 2.25. The quantitative estimate of drug-likeness (QED) is 0.735. The summed E-state index contributed by atoms with van der Waals surface area (Å²) in [6, 6.07) is 6.89. The van der Waals surface area contributed by atoms with E-state index in [0.717, 1.165) is 22.6 Å². The summed E-state index contributed by atoms with van der Waals surface area (Å²) in [4.78, 5) is 0.368. The molecule has 1 aromatic carbocycles. The minimum atomic E-state index is -3.35. The van der Waals surface area contributed by atoms with Crippen LogP contribution in [0.1, 0.15) is 12.8 Å². The monoisotopic (exact) mass is 395 g/mol. The molecule has 1 aliphatic rings. The van der Waals surface area contributed by atoms with Crippen LogP contribution in [0.2, 0.25) is 0 Å². The van der Waals surface area contributed by atoms with Gasteiger partial charge in [-0.15, -0.1) is 0 Å². The normalized spacial score (nSPS) is 22.0. The summed E-state index contributed by atoms with van der Waals surface area (Å²) in [7, 11) is -3.35. The van der Waals surface area contributed by atoms with Gasteiger partial charge >= 0.3 is 0 Å². The molecule has 0 aliphatic carbocycles. The fraction of sp³-hybridized carbons (Fsp3) is 0.500. The SMILES string of the molecule is O=S(=O)(c1cccc(Br)c1)N1CCCC(CBr)C1. The lowest BCUT2D eigenvalue weighted by Gasteiger charge is -2.31. The smallest absolute Gasteiger partial charge is 0.207 e. The first-order valence-corrected chi connectivity index (χ1v) is 9.21. The summed E-state index contributed by atoms with van der Waals surface area (Å²) in [5.41, 5.74) is 0. The van der Waals surface area contributed by atoms with Crippen LogP contribution < -0.4 is 0 Å². The first-order chi connectivity index (χ1) is 8.54. The van der Waals surface area contributed by atoms with Gasteiger partial charge in [-0.05, 0) is 37.0 Å². The first-order valence-electron chi connectivity index (χ1n) is 5.85. The fourth-order valence-electron chi connectivity index (χ4n) is 2.15. The summed E-state index contributed by atoms with van der Waals surface area (Å²) in [6.07, 6.45) is 2.03. The predicted octanol–water partition coefficient (Wildman–Crippen LogP) is 3.24. The van der Waals surface area contributed by atoms with Gasteiger partial charge in [0.2, 0.25) is 10.0 Å². The summed E-state index contributed by atoms with van der Waals surface area (Å²) >= 11 is 6.76. The Morgan fingerprint density at radius 2 is 2.17 bits per heavy atom. The number of benzene rings is 1. The Kier molecular flexibility index (Phi) is 4.86. The lowest BCUT2D eigenvalue weighted by Crippen LogP contribution is -2.40. The lowest BCUT2D eigenvalue weighted by atomic mass is 10.0. The summed E-state index contributed by atoms with van der Waals surface area (Å²) < 4.78 is 27.4. The minimum Gasteiger partial charge on any atom is -0.207 e. The highest BCUT2D eigenvalue weighted by Gasteiger charge is 2.29. The van der Waals surface area contributed by atoms with E-state index in [2.05, 4.69) is 31.9 Å². The minimum absolute atomic E-state index is 0.368. The molecule has 0 N–H and O–H groups in total. The molecule has 0 saturated carbocycles. The van der Waals surface area contributed by atoms with Crippen LogP contribution in [0.3, 0.4) is 0 Å². The van der Waals surface area contributed by atoms with Gasteiger partial charge in [0, 0.05) is 22.9 Å². The van der Waals surface area contributed by atoms with Crippen LogP contribution >= 0.6 is 31.9 Å². The van der Waals surface area contributed by atoms with Gasteiger partial charge in [0.25, 0.3) is 0 Å². The third-order valence-corrected chi connectivity index (χ3v) is 6.40. The van der Waals surface area contributed by atoms with Crippen LogP contribution in [-0.2, 0) is 10.0 Å². The molecule has 6 heteroatoms. The average molecular weight is 397 g/mol.